The number of nitrogens with zero attached hydrogens (tertiary/aromatic N) is 4. The maximum absolute atomic E-state index is 12.5. The number of carbonyl (C=O) groups is 1. The van der Waals surface area contributed by atoms with E-state index in [2.05, 4.69) is 15.5 Å². The van der Waals surface area contributed by atoms with E-state index in [-0.39, 0.29) is 11.7 Å². The summed E-state index contributed by atoms with van der Waals surface area (Å²) in [5, 5.41) is 21.6. The smallest absolute Gasteiger partial charge is 0.234 e. The van der Waals surface area contributed by atoms with Crippen LogP contribution in [0.25, 0.3) is 17.1 Å². The molecule has 0 saturated carbocycles. The molecular formula is C22H16ClN5O2S. The number of hydrogen-bond acceptors (Lipinski definition) is 6. The van der Waals surface area contributed by atoms with Crippen LogP contribution >= 0.6 is 23.4 Å². The highest BCUT2D eigenvalue weighted by atomic mass is 35.5. The van der Waals surface area contributed by atoms with Gasteiger partial charge in [0.1, 0.15) is 11.8 Å². The highest BCUT2D eigenvalue weighted by Gasteiger charge is 2.20. The summed E-state index contributed by atoms with van der Waals surface area (Å²) in [6.07, 6.45) is 1.60. The lowest BCUT2D eigenvalue weighted by molar-refractivity contribution is -0.113. The van der Waals surface area contributed by atoms with Gasteiger partial charge in [0, 0.05) is 10.7 Å². The molecule has 2 aromatic carbocycles. The number of hydrogen-bond donors (Lipinski definition) is 1. The Kier molecular flexibility index (Phi) is 6.07. The highest BCUT2D eigenvalue weighted by Crippen LogP contribution is 2.30. The molecule has 2 heterocycles. The van der Waals surface area contributed by atoms with Crippen LogP contribution in [-0.2, 0) is 4.79 Å². The van der Waals surface area contributed by atoms with Crippen molar-refractivity contribution in [2.24, 2.45) is 0 Å². The zero-order valence-electron chi connectivity index (χ0n) is 16.4. The maximum Gasteiger partial charge on any atom is 0.234 e. The minimum Gasteiger partial charge on any atom is -0.469 e. The van der Waals surface area contributed by atoms with Crippen molar-refractivity contribution >= 4 is 35.0 Å². The molecule has 0 aliphatic rings. The van der Waals surface area contributed by atoms with Crippen LogP contribution in [0.5, 0.6) is 0 Å². The number of nitriles is 1. The lowest BCUT2D eigenvalue weighted by Crippen LogP contribution is -2.15. The molecule has 1 amide bonds. The van der Waals surface area contributed by atoms with Gasteiger partial charge in [0.25, 0.3) is 0 Å². The van der Waals surface area contributed by atoms with Gasteiger partial charge in [-0.1, -0.05) is 41.6 Å². The molecule has 0 fully saturated rings. The van der Waals surface area contributed by atoms with Crippen LogP contribution in [0.2, 0.25) is 5.02 Å². The van der Waals surface area contributed by atoms with Crippen LogP contribution in [-0.4, -0.2) is 26.4 Å². The number of para-hydroxylation sites is 1. The molecule has 0 spiro atoms. The normalized spacial score (nSPS) is 10.6. The van der Waals surface area contributed by atoms with Crippen molar-refractivity contribution in [1.82, 2.24) is 14.8 Å². The molecule has 0 aliphatic heterocycles. The number of amides is 1. The van der Waals surface area contributed by atoms with Crippen molar-refractivity contribution in [3.05, 3.63) is 77.2 Å². The fraction of sp³-hybridized carbons (Fsp3) is 0.0909. The number of carbonyl (C=O) groups excluding carboxylic acids is 1. The molecule has 0 aliphatic carbocycles. The predicted octanol–water partition coefficient (Wildman–Crippen LogP) is 5.09. The fourth-order valence-electron chi connectivity index (χ4n) is 3.00. The number of rotatable bonds is 6. The first kappa shape index (κ1) is 20.7. The summed E-state index contributed by atoms with van der Waals surface area (Å²) < 4.78 is 7.31. The monoisotopic (exact) mass is 449 g/mol. The molecule has 9 heteroatoms. The van der Waals surface area contributed by atoms with Gasteiger partial charge in [-0.2, -0.15) is 5.26 Å². The Morgan fingerprint density at radius 1 is 1.23 bits per heavy atom. The van der Waals surface area contributed by atoms with Crippen molar-refractivity contribution in [2.45, 2.75) is 12.1 Å². The molecule has 4 aromatic rings. The van der Waals surface area contributed by atoms with Gasteiger partial charge in [-0.05, 0) is 43.3 Å². The lowest BCUT2D eigenvalue weighted by Gasteiger charge is -2.10. The average molecular weight is 450 g/mol. The van der Waals surface area contributed by atoms with Crippen molar-refractivity contribution in [1.29, 1.82) is 5.26 Å². The van der Waals surface area contributed by atoms with E-state index in [9.17, 15) is 10.1 Å². The maximum atomic E-state index is 12.5. The van der Waals surface area contributed by atoms with Gasteiger partial charge in [0.05, 0.1) is 28.8 Å². The van der Waals surface area contributed by atoms with Gasteiger partial charge in [-0.25, -0.2) is 0 Å². The minimum atomic E-state index is -0.285. The van der Waals surface area contributed by atoms with Gasteiger partial charge in [0.2, 0.25) is 5.91 Å². The lowest BCUT2D eigenvalue weighted by atomic mass is 10.2. The number of thioether (sulfide) groups is 1. The Balaban J connectivity index is 1.59. The van der Waals surface area contributed by atoms with E-state index in [1.807, 2.05) is 54.0 Å². The van der Waals surface area contributed by atoms with E-state index in [0.29, 0.717) is 27.3 Å². The van der Waals surface area contributed by atoms with Crippen LogP contribution in [0.15, 0.2) is 70.4 Å². The van der Waals surface area contributed by atoms with Crippen LogP contribution in [0, 0.1) is 18.3 Å². The topological polar surface area (TPSA) is 96.7 Å². The molecule has 0 unspecified atom stereocenters. The second kappa shape index (κ2) is 9.08. The zero-order valence-corrected chi connectivity index (χ0v) is 17.9. The van der Waals surface area contributed by atoms with Crippen LogP contribution in [0.4, 0.5) is 5.69 Å². The summed E-state index contributed by atoms with van der Waals surface area (Å²) >= 11 is 7.23. The molecule has 4 rings (SSSR count). The second-order valence-corrected chi connectivity index (χ2v) is 7.89. The molecule has 0 saturated heterocycles. The second-order valence-electron chi connectivity index (χ2n) is 6.51. The summed E-state index contributed by atoms with van der Waals surface area (Å²) in [7, 11) is 0. The first-order chi connectivity index (χ1) is 15.1. The average Bonchev–Trinajstić information content (AvgIpc) is 3.38. The number of benzene rings is 2. The number of aromatic nitrogens is 3. The molecule has 1 N–H and O–H groups in total. The van der Waals surface area contributed by atoms with E-state index in [1.54, 1.807) is 24.5 Å². The third-order valence-corrected chi connectivity index (χ3v) is 5.62. The van der Waals surface area contributed by atoms with E-state index in [0.717, 1.165) is 17.0 Å². The molecule has 31 heavy (non-hydrogen) atoms. The van der Waals surface area contributed by atoms with Crippen molar-refractivity contribution in [3.63, 3.8) is 0 Å². The van der Waals surface area contributed by atoms with Gasteiger partial charge >= 0.3 is 0 Å². The Morgan fingerprint density at radius 2 is 2.03 bits per heavy atom. The van der Waals surface area contributed by atoms with Gasteiger partial charge in [-0.15, -0.1) is 10.2 Å². The molecule has 0 atom stereocenters. The Labute approximate surface area is 187 Å². The summed E-state index contributed by atoms with van der Waals surface area (Å²) in [5.74, 6) is 1.14. The van der Waals surface area contributed by atoms with E-state index in [4.69, 9.17) is 16.0 Å². The van der Waals surface area contributed by atoms with Crippen LogP contribution in [0.3, 0.4) is 0 Å². The minimum absolute atomic E-state index is 0.0761. The summed E-state index contributed by atoms with van der Waals surface area (Å²) in [6.45, 7) is 1.86. The van der Waals surface area contributed by atoms with E-state index >= 15 is 0 Å². The van der Waals surface area contributed by atoms with Crippen LogP contribution < -0.4 is 5.32 Å². The van der Waals surface area contributed by atoms with Gasteiger partial charge in [-0.3, -0.25) is 9.36 Å². The molecular weight excluding hydrogens is 434 g/mol. The fourth-order valence-corrected chi connectivity index (χ4v) is 3.92. The van der Waals surface area contributed by atoms with Gasteiger partial charge < -0.3 is 9.73 Å². The number of aryl methyl sites for hydroxylation is 1. The molecule has 0 bridgehead atoms. The number of furan rings is 1. The quantitative estimate of drug-likeness (QED) is 0.412. The van der Waals surface area contributed by atoms with Crippen molar-refractivity contribution < 1.29 is 9.21 Å². The number of nitrogens with one attached hydrogen (secondary N) is 1. The summed E-state index contributed by atoms with van der Waals surface area (Å²) in [5.41, 5.74) is 2.41. The summed E-state index contributed by atoms with van der Waals surface area (Å²) in [4.78, 5) is 12.5. The molecule has 7 nitrogen and oxygen atoms in total. The first-order valence-electron chi connectivity index (χ1n) is 9.24. The largest absolute Gasteiger partial charge is 0.469 e. The summed E-state index contributed by atoms with van der Waals surface area (Å²) in [6, 6.07) is 18.2. The highest BCUT2D eigenvalue weighted by molar-refractivity contribution is 7.99. The van der Waals surface area contributed by atoms with Crippen molar-refractivity contribution in [3.8, 4) is 23.1 Å². The molecule has 154 valence electrons. The van der Waals surface area contributed by atoms with Crippen LogP contribution in [0.1, 0.15) is 11.3 Å². The standard InChI is InChI=1S/C22H16ClN5O2S/c1-14-18(9-10-30-14)21-26-27-22(28(21)17-5-3-2-4-6-17)31-13-20(29)25-19-11-16(23)8-7-15(19)12-24/h2-11H,13H2,1H3,(H,25,29). The third-order valence-electron chi connectivity index (χ3n) is 4.46. The first-order valence-corrected chi connectivity index (χ1v) is 10.6. The Morgan fingerprint density at radius 3 is 2.74 bits per heavy atom. The third kappa shape index (κ3) is 4.48. The molecule has 0 radical (unpaired) electrons. The van der Waals surface area contributed by atoms with Gasteiger partial charge in [0.15, 0.2) is 11.0 Å². The van der Waals surface area contributed by atoms with E-state index in [1.165, 1.54) is 11.8 Å². The van der Waals surface area contributed by atoms with Crippen molar-refractivity contribution in [2.75, 3.05) is 11.1 Å². The van der Waals surface area contributed by atoms with E-state index < -0.39 is 0 Å². The Bertz CT molecular complexity index is 1280. The SMILES string of the molecule is Cc1occc1-c1nnc(SCC(=O)Nc2cc(Cl)ccc2C#N)n1-c1ccccc1. The number of halogens is 1. The number of anilines is 1. The molecule has 2 aromatic heterocycles. The zero-order chi connectivity index (χ0) is 21.8. The Hall–Kier alpha value is -3.54. The predicted molar refractivity (Wildman–Crippen MR) is 119 cm³/mol.